The molecule has 0 atom stereocenters. The minimum Gasteiger partial charge on any atom is -0.280 e. The van der Waals surface area contributed by atoms with E-state index < -0.39 is 10.0 Å². The second-order valence-corrected chi connectivity index (χ2v) is 11.6. The first-order chi connectivity index (χ1) is 15.4. The molecule has 2 heterocycles. The van der Waals surface area contributed by atoms with Crippen LogP contribution in [0.1, 0.15) is 59.5 Å². The van der Waals surface area contributed by atoms with Crippen LogP contribution >= 0.6 is 22.9 Å². The smallest absolute Gasteiger partial charge is 0.260 e. The molecule has 4 rings (SSSR count). The molecule has 1 saturated heterocycles. The molecule has 32 heavy (non-hydrogen) atoms. The maximum atomic E-state index is 13.5. The van der Waals surface area contributed by atoms with Gasteiger partial charge in [0.2, 0.25) is 10.0 Å². The summed E-state index contributed by atoms with van der Waals surface area (Å²) in [7, 11) is -3.78. The average Bonchev–Trinajstić information content (AvgIpc) is 3.01. The molecule has 1 aromatic carbocycles. The van der Waals surface area contributed by atoms with Gasteiger partial charge in [-0.25, -0.2) is 13.4 Å². The molecule has 1 aliphatic heterocycles. The van der Waals surface area contributed by atoms with Crippen LogP contribution in [-0.2, 0) is 22.9 Å². The molecule has 0 unspecified atom stereocenters. The van der Waals surface area contributed by atoms with Crippen LogP contribution in [0.2, 0.25) is 5.02 Å². The van der Waals surface area contributed by atoms with Gasteiger partial charge in [-0.15, -0.1) is 17.9 Å². The molecule has 1 fully saturated rings. The highest BCUT2D eigenvalue weighted by molar-refractivity contribution is 7.89. The van der Waals surface area contributed by atoms with Crippen LogP contribution in [0.5, 0.6) is 0 Å². The quantitative estimate of drug-likeness (QED) is 0.526. The minimum atomic E-state index is -3.78. The van der Waals surface area contributed by atoms with E-state index >= 15 is 0 Å². The van der Waals surface area contributed by atoms with Crippen molar-refractivity contribution < 1.29 is 13.2 Å². The Morgan fingerprint density at radius 3 is 2.56 bits per heavy atom. The summed E-state index contributed by atoms with van der Waals surface area (Å²) in [4.78, 5) is 21.0. The van der Waals surface area contributed by atoms with Gasteiger partial charge >= 0.3 is 0 Å². The molecule has 0 N–H and O–H groups in total. The van der Waals surface area contributed by atoms with Gasteiger partial charge < -0.3 is 0 Å². The number of aryl methyl sites for hydroxylation is 2. The van der Waals surface area contributed by atoms with Crippen molar-refractivity contribution in [1.29, 1.82) is 0 Å². The zero-order valence-corrected chi connectivity index (χ0v) is 20.4. The number of carbonyl (C=O) groups excluding carboxylic acids is 1. The molecule has 9 heteroatoms. The van der Waals surface area contributed by atoms with E-state index in [1.165, 1.54) is 32.7 Å². The van der Waals surface area contributed by atoms with Gasteiger partial charge in [-0.2, -0.15) is 4.31 Å². The second-order valence-electron chi connectivity index (χ2n) is 8.24. The fourth-order valence-corrected chi connectivity index (χ4v) is 7.42. The number of fused-ring (bicyclic) bond motifs is 1. The maximum absolute atomic E-state index is 13.5. The van der Waals surface area contributed by atoms with E-state index in [0.717, 1.165) is 57.1 Å². The first-order valence-electron chi connectivity index (χ1n) is 11.1. The highest BCUT2D eigenvalue weighted by atomic mass is 35.5. The Balaban J connectivity index is 1.67. The lowest BCUT2D eigenvalue weighted by Crippen LogP contribution is -2.33. The Labute approximate surface area is 199 Å². The summed E-state index contributed by atoms with van der Waals surface area (Å²) < 4.78 is 28.1. The lowest BCUT2D eigenvalue weighted by atomic mass is 10.0. The van der Waals surface area contributed by atoms with Crippen molar-refractivity contribution in [2.75, 3.05) is 24.5 Å². The number of thiazole rings is 1. The van der Waals surface area contributed by atoms with Gasteiger partial charge in [-0.05, 0) is 56.7 Å². The van der Waals surface area contributed by atoms with E-state index in [2.05, 4.69) is 6.58 Å². The topological polar surface area (TPSA) is 70.6 Å². The van der Waals surface area contributed by atoms with Gasteiger partial charge in [0.05, 0.1) is 10.7 Å². The fourth-order valence-electron chi connectivity index (χ4n) is 4.24. The van der Waals surface area contributed by atoms with E-state index in [1.54, 1.807) is 17.0 Å². The van der Waals surface area contributed by atoms with Gasteiger partial charge in [0.1, 0.15) is 4.90 Å². The van der Waals surface area contributed by atoms with Crippen molar-refractivity contribution in [2.24, 2.45) is 0 Å². The number of halogens is 1. The molecule has 1 aromatic heterocycles. The van der Waals surface area contributed by atoms with Crippen molar-refractivity contribution >= 4 is 44.0 Å². The molecule has 0 spiro atoms. The highest BCUT2D eigenvalue weighted by Gasteiger charge is 2.30. The van der Waals surface area contributed by atoms with Crippen LogP contribution < -0.4 is 4.90 Å². The number of anilines is 1. The number of benzene rings is 1. The molecule has 2 aromatic rings. The normalized spacial score (nSPS) is 17.4. The number of amides is 1. The van der Waals surface area contributed by atoms with Crippen molar-refractivity contribution in [3.63, 3.8) is 0 Å². The largest absolute Gasteiger partial charge is 0.280 e. The molecule has 0 radical (unpaired) electrons. The van der Waals surface area contributed by atoms with Crippen LogP contribution in [-0.4, -0.2) is 43.2 Å². The lowest BCUT2D eigenvalue weighted by molar-refractivity contribution is 0.0989. The molecule has 1 amide bonds. The lowest BCUT2D eigenvalue weighted by Gasteiger charge is -2.22. The molecule has 0 saturated carbocycles. The van der Waals surface area contributed by atoms with Gasteiger partial charge in [0, 0.05) is 30.1 Å². The van der Waals surface area contributed by atoms with E-state index in [0.29, 0.717) is 24.8 Å². The number of hydrogen-bond acceptors (Lipinski definition) is 5. The van der Waals surface area contributed by atoms with Crippen molar-refractivity contribution in [3.8, 4) is 0 Å². The number of sulfonamides is 1. The summed E-state index contributed by atoms with van der Waals surface area (Å²) in [6.45, 7) is 5.03. The molecule has 1 aliphatic carbocycles. The molecule has 2 aliphatic rings. The second kappa shape index (κ2) is 10.0. The summed E-state index contributed by atoms with van der Waals surface area (Å²) in [5.41, 5.74) is 1.34. The minimum absolute atomic E-state index is 0.0103. The molecule has 172 valence electrons. The average molecular weight is 494 g/mol. The third-order valence-corrected chi connectivity index (χ3v) is 9.54. The Morgan fingerprint density at radius 1 is 1.16 bits per heavy atom. The van der Waals surface area contributed by atoms with Crippen LogP contribution in [0, 0.1) is 0 Å². The zero-order chi connectivity index (χ0) is 22.7. The van der Waals surface area contributed by atoms with Gasteiger partial charge in [0.15, 0.2) is 5.13 Å². The summed E-state index contributed by atoms with van der Waals surface area (Å²) in [6, 6.07) is 4.49. The van der Waals surface area contributed by atoms with Gasteiger partial charge in [-0.1, -0.05) is 30.5 Å². The Morgan fingerprint density at radius 2 is 1.88 bits per heavy atom. The third kappa shape index (κ3) is 4.78. The van der Waals surface area contributed by atoms with E-state index in [4.69, 9.17) is 16.6 Å². The zero-order valence-electron chi connectivity index (χ0n) is 18.1. The summed E-state index contributed by atoms with van der Waals surface area (Å²) in [6.07, 6.45) is 9.53. The SMILES string of the molecule is C=CCN(C(=O)c1ccc(Cl)c(S(=O)(=O)N2CCCCCC2)c1)c1nc2c(s1)CCCC2. The third-order valence-electron chi connectivity index (χ3n) is 5.98. The van der Waals surface area contributed by atoms with E-state index in [-0.39, 0.29) is 21.4 Å². The number of aromatic nitrogens is 1. The summed E-state index contributed by atoms with van der Waals surface area (Å²) >= 11 is 7.85. The number of rotatable bonds is 6. The van der Waals surface area contributed by atoms with E-state index in [1.807, 2.05) is 0 Å². The number of nitrogens with zero attached hydrogens (tertiary/aromatic N) is 3. The van der Waals surface area contributed by atoms with E-state index in [9.17, 15) is 13.2 Å². The Hall–Kier alpha value is -1.74. The monoisotopic (exact) mass is 493 g/mol. The highest BCUT2D eigenvalue weighted by Crippen LogP contribution is 2.33. The van der Waals surface area contributed by atoms with Crippen LogP contribution in [0.4, 0.5) is 5.13 Å². The molecular weight excluding hydrogens is 466 g/mol. The van der Waals surface area contributed by atoms with Crippen molar-refractivity contribution in [3.05, 3.63) is 52.0 Å². The number of hydrogen-bond donors (Lipinski definition) is 0. The van der Waals surface area contributed by atoms with Gasteiger partial charge in [-0.3, -0.25) is 9.69 Å². The summed E-state index contributed by atoms with van der Waals surface area (Å²) in [5, 5.41) is 0.763. The van der Waals surface area contributed by atoms with Crippen molar-refractivity contribution in [2.45, 2.75) is 56.3 Å². The Bertz CT molecular complexity index is 1080. The van der Waals surface area contributed by atoms with Crippen LogP contribution in [0.25, 0.3) is 0 Å². The predicted octanol–water partition coefficient (Wildman–Crippen LogP) is 5.07. The predicted molar refractivity (Wildman–Crippen MR) is 129 cm³/mol. The first-order valence-corrected chi connectivity index (χ1v) is 13.8. The summed E-state index contributed by atoms with van der Waals surface area (Å²) in [5.74, 6) is -0.306. The van der Waals surface area contributed by atoms with Gasteiger partial charge in [0.25, 0.3) is 5.91 Å². The standard InChI is InChI=1S/C23H28ClN3O3S2/c1-2-13-27(23-25-19-9-5-6-10-20(19)31-23)22(28)17-11-12-18(24)21(16-17)32(29,30)26-14-7-3-4-8-15-26/h2,11-12,16H,1,3-10,13-15H2. The van der Waals surface area contributed by atoms with Crippen LogP contribution in [0.15, 0.2) is 35.7 Å². The van der Waals surface area contributed by atoms with Crippen LogP contribution in [0.3, 0.4) is 0 Å². The molecule has 6 nitrogen and oxygen atoms in total. The number of carbonyl (C=O) groups is 1. The van der Waals surface area contributed by atoms with Crippen molar-refractivity contribution in [1.82, 2.24) is 9.29 Å². The Kier molecular flexibility index (Phi) is 7.34. The molecule has 0 bridgehead atoms. The molecular formula is C23H28ClN3O3S2. The maximum Gasteiger partial charge on any atom is 0.260 e. The fraction of sp³-hybridized carbons (Fsp3) is 0.478. The first kappa shape index (κ1) is 23.4.